The Kier molecular flexibility index (Phi) is 9.33. The molecule has 84 heavy (non-hydrogen) atoms. The number of para-hydroxylation sites is 2. The van der Waals surface area contributed by atoms with E-state index in [-0.39, 0.29) is 6.17 Å². The second kappa shape index (κ2) is 17.2. The Morgan fingerprint density at radius 3 is 1.32 bits per heavy atom. The molecule has 18 aromatic rings. The zero-order valence-electron chi connectivity index (χ0n) is 45.5. The van der Waals surface area contributed by atoms with Crippen LogP contribution in [0.4, 0.5) is 0 Å². The average Bonchev–Trinajstić information content (AvgIpc) is 1.82. The zero-order valence-corrected chi connectivity index (χ0v) is 45.5. The molecule has 5 heterocycles. The summed E-state index contributed by atoms with van der Waals surface area (Å²) in [6.45, 7) is 0. The smallest absolute Gasteiger partial charge is 0.125 e. The third-order valence-electron chi connectivity index (χ3n) is 18.5. The van der Waals surface area contributed by atoms with Crippen molar-refractivity contribution in [2.24, 2.45) is 0 Å². The summed E-state index contributed by atoms with van der Waals surface area (Å²) < 4.78 is 10.3. The molecule has 0 aliphatic carbocycles. The molecule has 0 fully saturated rings. The molecule has 0 saturated heterocycles. The Morgan fingerprint density at radius 1 is 0.262 bits per heavy atom. The van der Waals surface area contributed by atoms with Gasteiger partial charge in [-0.25, -0.2) is 0 Å². The number of hydrogen-bond acceptors (Lipinski definition) is 1. The molecule has 0 amide bonds. The van der Waals surface area contributed by atoms with Crippen LogP contribution >= 0.6 is 0 Å². The van der Waals surface area contributed by atoms with Crippen LogP contribution in [0.2, 0.25) is 0 Å². The van der Waals surface area contributed by atoms with E-state index in [4.69, 9.17) is 0 Å². The molecule has 4 aromatic heterocycles. The van der Waals surface area contributed by atoms with E-state index in [1.807, 2.05) is 0 Å². The summed E-state index contributed by atoms with van der Waals surface area (Å²) in [6.07, 6.45) is 4.52. The highest BCUT2D eigenvalue weighted by Gasteiger charge is 2.31. The second-order valence-electron chi connectivity index (χ2n) is 22.7. The first-order chi connectivity index (χ1) is 41.7. The Labute approximate surface area is 481 Å². The molecule has 5 heteroatoms. The molecule has 14 aromatic carbocycles. The number of rotatable bonds is 5. The van der Waals surface area contributed by atoms with Gasteiger partial charge in [0.2, 0.25) is 0 Å². The maximum absolute atomic E-state index is 4.43. The monoisotopic (exact) mass is 1070 g/mol. The van der Waals surface area contributed by atoms with Crippen molar-refractivity contribution in [3.05, 3.63) is 291 Å². The van der Waals surface area contributed by atoms with Crippen molar-refractivity contribution in [1.29, 1.82) is 0 Å². The van der Waals surface area contributed by atoms with Gasteiger partial charge in [0.1, 0.15) is 12.0 Å². The summed E-state index contributed by atoms with van der Waals surface area (Å²) in [5.41, 5.74) is 14.0. The lowest BCUT2D eigenvalue weighted by Gasteiger charge is -2.29. The average molecular weight is 1070 g/mol. The molecule has 0 bridgehead atoms. The van der Waals surface area contributed by atoms with Crippen molar-refractivity contribution >= 4 is 152 Å². The Bertz CT molecular complexity index is 5930. The molecule has 19 rings (SSSR count). The second-order valence-corrected chi connectivity index (χ2v) is 22.7. The van der Waals surface area contributed by atoms with Crippen molar-refractivity contribution in [2.75, 3.05) is 0 Å². The predicted molar refractivity (Wildman–Crippen MR) is 356 cm³/mol. The van der Waals surface area contributed by atoms with Gasteiger partial charge in [0.05, 0.1) is 44.1 Å². The first-order valence-electron chi connectivity index (χ1n) is 29.1. The van der Waals surface area contributed by atoms with Crippen LogP contribution in [0.15, 0.2) is 285 Å². The van der Waals surface area contributed by atoms with E-state index in [9.17, 15) is 0 Å². The topological polar surface area (TPSA) is 31.8 Å². The van der Waals surface area contributed by atoms with Gasteiger partial charge in [-0.15, -0.1) is 0 Å². The normalized spacial score (nSPS) is 14.1. The highest BCUT2D eigenvalue weighted by molar-refractivity contribution is 6.37. The fraction of sp³-hybridized carbons (Fsp3) is 0.0127. The molecule has 1 aliphatic rings. The van der Waals surface area contributed by atoms with Crippen molar-refractivity contribution in [3.63, 3.8) is 0 Å². The summed E-state index contributed by atoms with van der Waals surface area (Å²) in [5, 5.41) is 26.4. The van der Waals surface area contributed by atoms with Crippen molar-refractivity contribution in [1.82, 2.24) is 23.6 Å². The molecular weight excluding hydrogens is 1020 g/mol. The molecule has 1 N–H and O–H groups in total. The van der Waals surface area contributed by atoms with Gasteiger partial charge in [-0.3, -0.25) is 4.57 Å². The molecule has 0 radical (unpaired) electrons. The van der Waals surface area contributed by atoms with Crippen molar-refractivity contribution < 1.29 is 0 Å². The van der Waals surface area contributed by atoms with Crippen LogP contribution in [-0.4, -0.2) is 18.3 Å². The van der Waals surface area contributed by atoms with Gasteiger partial charge < -0.3 is 19.0 Å². The number of hydrogen-bond donors (Lipinski definition) is 1. The Morgan fingerprint density at radius 2 is 0.667 bits per heavy atom. The standard InChI is InChI=1S/C79H49N5/c1-4-20-48(21-5-1)52-46-69(83-68-44-42-63-62-39-36-49-22-10-13-29-55(49)74(62)82(54-27-8-3-9-28-54)78(63)73(68)66-41-38-51-24-12-15-31-57(51)76(66)83)80-70(47-52)84-77-61-35-19-17-33-59(61)58-32-16-18-34-60(58)71(77)64-43-45-67-72(79(64)84)65-40-37-50-23-11-14-30-56(50)75(65)81(67)53-25-6-2-7-26-53/h1-47,69,80H. The van der Waals surface area contributed by atoms with E-state index in [1.165, 1.54) is 130 Å². The summed E-state index contributed by atoms with van der Waals surface area (Å²) in [7, 11) is 0. The lowest BCUT2D eigenvalue weighted by atomic mass is 9.96. The third-order valence-corrected chi connectivity index (χ3v) is 18.5. The van der Waals surface area contributed by atoms with E-state index in [0.717, 1.165) is 39.4 Å². The fourth-order valence-corrected chi connectivity index (χ4v) is 15.1. The molecule has 390 valence electrons. The Balaban J connectivity index is 0.980. The molecule has 0 spiro atoms. The molecular formula is C79H49N5. The van der Waals surface area contributed by atoms with Gasteiger partial charge in [-0.1, -0.05) is 237 Å². The number of nitrogens with zero attached hydrogens (tertiary/aromatic N) is 4. The SMILES string of the molecule is C1=C(c2ccccc2)C=C(n2c3c4ccccc4c4ccccc4c3c3ccc4c(c5ccc6ccccc6c5n4-c4ccccc4)c32)NC1n1c2ccc3c4ccc5ccccc5c4n(-c4ccccc4)c3c2c2ccc3ccccc3c21. The molecule has 1 aliphatic heterocycles. The third kappa shape index (κ3) is 6.16. The van der Waals surface area contributed by atoms with E-state index in [0.29, 0.717) is 0 Å². The number of fused-ring (bicyclic) bond motifs is 25. The first kappa shape index (κ1) is 45.6. The fourth-order valence-electron chi connectivity index (χ4n) is 15.1. The summed E-state index contributed by atoms with van der Waals surface area (Å²) in [6, 6.07) is 101. The van der Waals surface area contributed by atoms with Gasteiger partial charge in [0.25, 0.3) is 0 Å². The van der Waals surface area contributed by atoms with E-state index >= 15 is 0 Å². The quantitative estimate of drug-likeness (QED) is 0.171. The first-order valence-corrected chi connectivity index (χ1v) is 29.1. The van der Waals surface area contributed by atoms with Crippen LogP contribution in [0, 0.1) is 0 Å². The van der Waals surface area contributed by atoms with Crippen LogP contribution in [-0.2, 0) is 0 Å². The van der Waals surface area contributed by atoms with Crippen molar-refractivity contribution in [3.8, 4) is 11.4 Å². The molecule has 1 atom stereocenters. The van der Waals surface area contributed by atoms with E-state index in [1.54, 1.807) is 0 Å². The minimum atomic E-state index is -0.369. The minimum absolute atomic E-state index is 0.369. The van der Waals surface area contributed by atoms with E-state index < -0.39 is 0 Å². The van der Waals surface area contributed by atoms with E-state index in [2.05, 4.69) is 309 Å². The van der Waals surface area contributed by atoms with Crippen LogP contribution in [0.1, 0.15) is 11.7 Å². The molecule has 0 saturated carbocycles. The number of dihydropyridines is 1. The van der Waals surface area contributed by atoms with Gasteiger partial charge in [0, 0.05) is 76.0 Å². The van der Waals surface area contributed by atoms with Gasteiger partial charge in [-0.05, 0) is 92.0 Å². The maximum atomic E-state index is 4.43. The minimum Gasteiger partial charge on any atom is -0.347 e. The van der Waals surface area contributed by atoms with Gasteiger partial charge >= 0.3 is 0 Å². The van der Waals surface area contributed by atoms with Gasteiger partial charge in [0.15, 0.2) is 0 Å². The lowest BCUT2D eigenvalue weighted by molar-refractivity contribution is 0.580. The van der Waals surface area contributed by atoms with Crippen LogP contribution in [0.25, 0.3) is 164 Å². The molecule has 1 unspecified atom stereocenters. The maximum Gasteiger partial charge on any atom is 0.125 e. The van der Waals surface area contributed by atoms with Gasteiger partial charge in [-0.2, -0.15) is 0 Å². The highest BCUT2D eigenvalue weighted by atomic mass is 15.3. The van der Waals surface area contributed by atoms with Crippen LogP contribution in [0.5, 0.6) is 0 Å². The number of benzene rings is 14. The number of aromatic nitrogens is 4. The predicted octanol–water partition coefficient (Wildman–Crippen LogP) is 20.5. The zero-order chi connectivity index (χ0) is 54.7. The highest BCUT2D eigenvalue weighted by Crippen LogP contribution is 2.50. The molecule has 5 nitrogen and oxygen atoms in total. The summed E-state index contributed by atoms with van der Waals surface area (Å²) >= 11 is 0. The largest absolute Gasteiger partial charge is 0.347 e. The van der Waals surface area contributed by atoms with Crippen LogP contribution < -0.4 is 5.32 Å². The van der Waals surface area contributed by atoms with Crippen molar-refractivity contribution in [2.45, 2.75) is 6.17 Å². The summed E-state index contributed by atoms with van der Waals surface area (Å²) in [4.78, 5) is 0. The lowest BCUT2D eigenvalue weighted by Crippen LogP contribution is -2.29. The summed E-state index contributed by atoms with van der Waals surface area (Å²) in [5.74, 6) is 0.997. The number of allylic oxidation sites excluding steroid dienone is 2. The Hall–Kier alpha value is -11.1. The van der Waals surface area contributed by atoms with Crippen LogP contribution in [0.3, 0.4) is 0 Å². The number of nitrogens with one attached hydrogen (secondary N) is 1.